The van der Waals surface area contributed by atoms with Crippen molar-refractivity contribution in [1.29, 1.82) is 0 Å². The van der Waals surface area contributed by atoms with Crippen molar-refractivity contribution in [3.63, 3.8) is 0 Å². The second kappa shape index (κ2) is 7.08. The van der Waals surface area contributed by atoms with Gasteiger partial charge in [0, 0.05) is 53.7 Å². The normalized spacial score (nSPS) is 18.8. The molecule has 1 amide bonds. The molecule has 4 heterocycles. The minimum atomic E-state index is -0.588. The number of amides is 1. The molecule has 5 rings (SSSR count). The number of fused-ring (bicyclic) bond motifs is 2. The summed E-state index contributed by atoms with van der Waals surface area (Å²) in [4.78, 5) is 28.9. The van der Waals surface area contributed by atoms with E-state index in [1.165, 1.54) is 12.1 Å². The molecule has 0 aliphatic carbocycles. The molecule has 160 valence electrons. The number of benzene rings is 1. The van der Waals surface area contributed by atoms with Crippen LogP contribution in [0.25, 0.3) is 16.5 Å². The highest BCUT2D eigenvalue weighted by atomic mass is 19.1. The minimum absolute atomic E-state index is 0.0321. The highest BCUT2D eigenvalue weighted by Crippen LogP contribution is 2.43. The molecule has 0 saturated carbocycles. The molecule has 1 aromatic carbocycles. The summed E-state index contributed by atoms with van der Waals surface area (Å²) in [6.45, 7) is 6.69. The van der Waals surface area contributed by atoms with Crippen LogP contribution in [0.4, 0.5) is 15.1 Å². The fourth-order valence-corrected chi connectivity index (χ4v) is 4.44. The molecule has 1 saturated heterocycles. The van der Waals surface area contributed by atoms with Gasteiger partial charge in [0.1, 0.15) is 11.4 Å². The van der Waals surface area contributed by atoms with E-state index in [-0.39, 0.29) is 18.0 Å². The average molecular weight is 421 g/mol. The molecule has 0 spiro atoms. The SMILES string of the molecule is CC(C)(C)OC(=O)N1CCC2C1=C(c1c[nH]c3cc(F)ccc13)CN2c1ncccn1. The molecule has 1 unspecified atom stereocenters. The van der Waals surface area contributed by atoms with Crippen LogP contribution in [0.1, 0.15) is 32.8 Å². The number of halogens is 1. The Labute approximate surface area is 179 Å². The van der Waals surface area contributed by atoms with Gasteiger partial charge >= 0.3 is 6.09 Å². The number of aromatic nitrogens is 3. The summed E-state index contributed by atoms with van der Waals surface area (Å²) in [6.07, 6.45) is 5.71. The average Bonchev–Trinajstić information content (AvgIpc) is 3.40. The second-order valence-electron chi connectivity index (χ2n) is 8.87. The Balaban J connectivity index is 1.62. The monoisotopic (exact) mass is 421 g/mol. The lowest BCUT2D eigenvalue weighted by atomic mass is 10.0. The summed E-state index contributed by atoms with van der Waals surface area (Å²) in [6, 6.07) is 6.46. The Hall–Kier alpha value is -3.42. The predicted octanol–water partition coefficient (Wildman–Crippen LogP) is 4.34. The number of rotatable bonds is 2. The first-order chi connectivity index (χ1) is 14.8. The zero-order valence-corrected chi connectivity index (χ0v) is 17.7. The van der Waals surface area contributed by atoms with Gasteiger partial charge in [-0.3, -0.25) is 4.90 Å². The Morgan fingerprint density at radius 2 is 2.03 bits per heavy atom. The first-order valence-corrected chi connectivity index (χ1v) is 10.4. The van der Waals surface area contributed by atoms with Crippen LogP contribution in [0, 0.1) is 5.82 Å². The van der Waals surface area contributed by atoms with E-state index in [1.54, 1.807) is 29.4 Å². The van der Waals surface area contributed by atoms with Crippen molar-refractivity contribution in [2.24, 2.45) is 0 Å². The third-order valence-electron chi connectivity index (χ3n) is 5.64. The molecular weight excluding hydrogens is 397 g/mol. The fraction of sp³-hybridized carbons (Fsp3) is 0.348. The fourth-order valence-electron chi connectivity index (χ4n) is 4.44. The lowest BCUT2D eigenvalue weighted by molar-refractivity contribution is 0.0339. The van der Waals surface area contributed by atoms with Gasteiger partial charge in [-0.25, -0.2) is 19.2 Å². The molecule has 1 atom stereocenters. The molecule has 0 bridgehead atoms. The Kier molecular flexibility index (Phi) is 4.46. The summed E-state index contributed by atoms with van der Waals surface area (Å²) in [5.74, 6) is 0.329. The lowest BCUT2D eigenvalue weighted by Crippen LogP contribution is -2.35. The van der Waals surface area contributed by atoms with E-state index in [0.717, 1.165) is 34.2 Å². The minimum Gasteiger partial charge on any atom is -0.443 e. The molecule has 1 fully saturated rings. The Bertz CT molecular complexity index is 1180. The van der Waals surface area contributed by atoms with Crippen LogP contribution in [0.5, 0.6) is 0 Å². The maximum atomic E-state index is 13.7. The topological polar surface area (TPSA) is 74.3 Å². The largest absolute Gasteiger partial charge is 0.443 e. The van der Waals surface area contributed by atoms with Crippen molar-refractivity contribution in [3.8, 4) is 0 Å². The Morgan fingerprint density at radius 3 is 2.77 bits per heavy atom. The van der Waals surface area contributed by atoms with E-state index in [9.17, 15) is 9.18 Å². The standard InChI is InChI=1S/C23H24FN5O2/c1-23(2,3)31-22(30)28-10-7-19-20(28)17(13-29(19)21-25-8-4-9-26-21)16-12-27-18-11-14(24)5-6-15(16)18/h4-6,8-9,11-12,19,27H,7,10,13H2,1-3H3. The van der Waals surface area contributed by atoms with Crippen molar-refractivity contribution in [2.45, 2.75) is 38.8 Å². The quantitative estimate of drug-likeness (QED) is 0.666. The van der Waals surface area contributed by atoms with E-state index < -0.39 is 5.60 Å². The molecule has 0 radical (unpaired) electrons. The van der Waals surface area contributed by atoms with E-state index in [4.69, 9.17) is 4.74 Å². The molecule has 3 aromatic rings. The van der Waals surface area contributed by atoms with Gasteiger partial charge in [0.25, 0.3) is 0 Å². The first kappa shape index (κ1) is 19.5. The molecule has 8 heteroatoms. The van der Waals surface area contributed by atoms with Crippen LogP contribution in [-0.4, -0.2) is 50.7 Å². The molecule has 31 heavy (non-hydrogen) atoms. The third kappa shape index (κ3) is 3.41. The number of carbonyl (C=O) groups is 1. The van der Waals surface area contributed by atoms with E-state index in [2.05, 4.69) is 19.9 Å². The lowest BCUT2D eigenvalue weighted by Gasteiger charge is -2.26. The summed E-state index contributed by atoms with van der Waals surface area (Å²) in [5.41, 5.74) is 2.99. The van der Waals surface area contributed by atoms with Gasteiger partial charge < -0.3 is 14.6 Å². The zero-order chi connectivity index (χ0) is 21.8. The summed E-state index contributed by atoms with van der Waals surface area (Å²) in [7, 11) is 0. The number of nitrogens with one attached hydrogen (secondary N) is 1. The van der Waals surface area contributed by atoms with Crippen molar-refractivity contribution in [2.75, 3.05) is 18.0 Å². The van der Waals surface area contributed by atoms with E-state index in [1.807, 2.05) is 27.0 Å². The molecule has 2 aliphatic rings. The summed E-state index contributed by atoms with van der Waals surface area (Å²) >= 11 is 0. The highest BCUT2D eigenvalue weighted by molar-refractivity contribution is 5.96. The number of aromatic amines is 1. The summed E-state index contributed by atoms with van der Waals surface area (Å²) < 4.78 is 19.4. The summed E-state index contributed by atoms with van der Waals surface area (Å²) in [5, 5.41) is 0.912. The van der Waals surface area contributed by atoms with Crippen molar-refractivity contribution in [1.82, 2.24) is 19.9 Å². The van der Waals surface area contributed by atoms with Gasteiger partial charge in [-0.05, 0) is 51.5 Å². The number of ether oxygens (including phenoxy) is 1. The van der Waals surface area contributed by atoms with Crippen molar-refractivity contribution >= 4 is 28.5 Å². The number of anilines is 1. The predicted molar refractivity (Wildman–Crippen MR) is 116 cm³/mol. The van der Waals surface area contributed by atoms with Crippen LogP contribution < -0.4 is 4.90 Å². The van der Waals surface area contributed by atoms with Crippen LogP contribution in [0.3, 0.4) is 0 Å². The second-order valence-corrected chi connectivity index (χ2v) is 8.87. The maximum Gasteiger partial charge on any atom is 0.414 e. The van der Waals surface area contributed by atoms with Gasteiger partial charge in [-0.15, -0.1) is 0 Å². The molecule has 7 nitrogen and oxygen atoms in total. The number of hydrogen-bond donors (Lipinski definition) is 1. The Morgan fingerprint density at radius 1 is 1.26 bits per heavy atom. The van der Waals surface area contributed by atoms with Crippen LogP contribution in [-0.2, 0) is 4.74 Å². The third-order valence-corrected chi connectivity index (χ3v) is 5.64. The van der Waals surface area contributed by atoms with Gasteiger partial charge in [0.15, 0.2) is 0 Å². The van der Waals surface area contributed by atoms with Crippen molar-refractivity contribution in [3.05, 3.63) is 59.9 Å². The zero-order valence-electron chi connectivity index (χ0n) is 17.7. The van der Waals surface area contributed by atoms with E-state index >= 15 is 0 Å². The van der Waals surface area contributed by atoms with Gasteiger partial charge in [-0.2, -0.15) is 0 Å². The van der Waals surface area contributed by atoms with Crippen molar-refractivity contribution < 1.29 is 13.9 Å². The van der Waals surface area contributed by atoms with Gasteiger partial charge in [0.2, 0.25) is 5.95 Å². The maximum absolute atomic E-state index is 13.7. The van der Waals surface area contributed by atoms with Gasteiger partial charge in [-0.1, -0.05) is 0 Å². The number of carbonyl (C=O) groups excluding carboxylic acids is 1. The molecular formula is C23H24FN5O2. The van der Waals surface area contributed by atoms with Crippen LogP contribution in [0.15, 0.2) is 48.6 Å². The number of likely N-dealkylation sites (tertiary alicyclic amines) is 1. The van der Waals surface area contributed by atoms with E-state index in [0.29, 0.717) is 19.0 Å². The number of H-pyrrole nitrogens is 1. The highest BCUT2D eigenvalue weighted by Gasteiger charge is 2.45. The first-order valence-electron chi connectivity index (χ1n) is 10.4. The number of hydrogen-bond acceptors (Lipinski definition) is 5. The molecule has 2 aliphatic heterocycles. The molecule has 1 N–H and O–H groups in total. The number of nitrogens with zero attached hydrogens (tertiary/aromatic N) is 4. The van der Waals surface area contributed by atoms with Crippen LogP contribution in [0.2, 0.25) is 0 Å². The van der Waals surface area contributed by atoms with Crippen LogP contribution >= 0.6 is 0 Å². The van der Waals surface area contributed by atoms with Gasteiger partial charge in [0.05, 0.1) is 11.7 Å². The smallest absolute Gasteiger partial charge is 0.414 e. The molecule has 2 aromatic heterocycles.